The van der Waals surface area contributed by atoms with Crippen molar-refractivity contribution in [1.82, 2.24) is 0 Å². The van der Waals surface area contributed by atoms with Crippen LogP contribution in [0, 0.1) is 0 Å². The molecule has 0 N–H and O–H groups in total. The predicted octanol–water partition coefficient (Wildman–Crippen LogP) is 9.22. The Morgan fingerprint density at radius 3 is 1.97 bits per heavy atom. The molecule has 0 aliphatic heterocycles. The Morgan fingerprint density at radius 2 is 1.29 bits per heavy atom. The molecule has 0 atom stereocenters. The van der Waals surface area contributed by atoms with Crippen LogP contribution in [0.4, 0.5) is 11.4 Å². The molecule has 0 spiro atoms. The first-order valence-electron chi connectivity index (χ1n) is 13.3. The SMILES string of the molecule is CCCCCOc1ccc(N=Nc2ccc(OC(=O)c3ccc(OCCCC)cc3)c3ccccc23)cc1. The number of rotatable bonds is 13. The molecule has 0 saturated heterocycles. The average Bonchev–Trinajstić information content (AvgIpc) is 2.96. The summed E-state index contributed by atoms with van der Waals surface area (Å²) in [4.78, 5) is 12.8. The van der Waals surface area contributed by atoms with Crippen molar-refractivity contribution < 1.29 is 19.0 Å². The van der Waals surface area contributed by atoms with E-state index < -0.39 is 5.97 Å². The Balaban J connectivity index is 1.44. The number of hydrogen-bond acceptors (Lipinski definition) is 6. The van der Waals surface area contributed by atoms with Gasteiger partial charge in [0.05, 0.1) is 30.2 Å². The minimum Gasteiger partial charge on any atom is -0.494 e. The predicted molar refractivity (Wildman–Crippen MR) is 151 cm³/mol. The van der Waals surface area contributed by atoms with Crippen LogP contribution in [-0.4, -0.2) is 19.2 Å². The van der Waals surface area contributed by atoms with E-state index in [1.54, 1.807) is 30.3 Å². The van der Waals surface area contributed by atoms with E-state index in [1.807, 2.05) is 54.6 Å². The fourth-order valence-electron chi connectivity index (χ4n) is 3.87. The highest BCUT2D eigenvalue weighted by Crippen LogP contribution is 2.34. The zero-order chi connectivity index (χ0) is 26.6. The van der Waals surface area contributed by atoms with E-state index >= 15 is 0 Å². The van der Waals surface area contributed by atoms with Gasteiger partial charge in [-0.15, -0.1) is 5.11 Å². The van der Waals surface area contributed by atoms with Gasteiger partial charge in [-0.3, -0.25) is 0 Å². The first kappa shape index (κ1) is 26.9. The highest BCUT2D eigenvalue weighted by Gasteiger charge is 2.13. The van der Waals surface area contributed by atoms with Crippen LogP contribution < -0.4 is 14.2 Å². The van der Waals surface area contributed by atoms with Gasteiger partial charge in [0.2, 0.25) is 0 Å². The van der Waals surface area contributed by atoms with Crippen LogP contribution in [0.3, 0.4) is 0 Å². The molecule has 0 saturated carbocycles. The second kappa shape index (κ2) is 13.9. The molecule has 0 bridgehead atoms. The fourth-order valence-corrected chi connectivity index (χ4v) is 3.87. The number of carbonyl (C=O) groups excluding carboxylic acids is 1. The Bertz CT molecular complexity index is 1350. The Labute approximate surface area is 224 Å². The summed E-state index contributed by atoms with van der Waals surface area (Å²) in [6.45, 7) is 5.67. The number of azo groups is 1. The van der Waals surface area contributed by atoms with Crippen LogP contribution in [0.2, 0.25) is 0 Å². The lowest BCUT2D eigenvalue weighted by Crippen LogP contribution is -2.08. The molecule has 0 amide bonds. The third-order valence-electron chi connectivity index (χ3n) is 6.05. The summed E-state index contributed by atoms with van der Waals surface area (Å²) in [5, 5.41) is 10.5. The molecule has 6 nitrogen and oxygen atoms in total. The molecular weight excluding hydrogens is 476 g/mol. The topological polar surface area (TPSA) is 69.5 Å². The number of ether oxygens (including phenoxy) is 3. The summed E-state index contributed by atoms with van der Waals surface area (Å²) in [5.74, 6) is 1.61. The lowest BCUT2D eigenvalue weighted by Gasteiger charge is -2.10. The molecule has 0 heterocycles. The van der Waals surface area contributed by atoms with Crippen molar-refractivity contribution in [3.05, 3.63) is 90.5 Å². The smallest absolute Gasteiger partial charge is 0.343 e. The first-order valence-corrected chi connectivity index (χ1v) is 13.3. The van der Waals surface area contributed by atoms with Crippen molar-refractivity contribution in [3.63, 3.8) is 0 Å². The van der Waals surface area contributed by atoms with Gasteiger partial charge in [-0.25, -0.2) is 4.79 Å². The summed E-state index contributed by atoms with van der Waals surface area (Å²) < 4.78 is 17.2. The van der Waals surface area contributed by atoms with Gasteiger partial charge in [0.25, 0.3) is 0 Å². The number of benzene rings is 4. The number of carbonyl (C=O) groups is 1. The maximum absolute atomic E-state index is 12.8. The summed E-state index contributed by atoms with van der Waals surface area (Å²) in [7, 11) is 0. The van der Waals surface area contributed by atoms with E-state index in [9.17, 15) is 4.79 Å². The largest absolute Gasteiger partial charge is 0.494 e. The zero-order valence-corrected chi connectivity index (χ0v) is 22.1. The van der Waals surface area contributed by atoms with Crippen LogP contribution in [0.15, 0.2) is 95.2 Å². The third kappa shape index (κ3) is 7.42. The standard InChI is InChI=1S/C32H34N2O4/c1-3-5-9-23-37-27-18-14-25(15-19-27)33-34-30-20-21-31(29-11-8-7-10-28(29)30)38-32(35)24-12-16-26(17-13-24)36-22-6-4-2/h7-8,10-21H,3-6,9,22-23H2,1-2H3. The number of esters is 1. The lowest BCUT2D eigenvalue weighted by atomic mass is 10.1. The van der Waals surface area contributed by atoms with E-state index in [0.717, 1.165) is 53.8 Å². The molecule has 0 fully saturated rings. The van der Waals surface area contributed by atoms with Crippen LogP contribution in [0.5, 0.6) is 17.2 Å². The molecule has 196 valence electrons. The summed E-state index contributed by atoms with van der Waals surface area (Å²) in [6, 6.07) is 25.8. The Kier molecular flexibility index (Phi) is 9.85. The van der Waals surface area contributed by atoms with Gasteiger partial charge in [-0.2, -0.15) is 5.11 Å². The highest BCUT2D eigenvalue weighted by molar-refractivity contribution is 5.99. The molecule has 0 aromatic heterocycles. The van der Waals surface area contributed by atoms with Crippen molar-refractivity contribution in [3.8, 4) is 17.2 Å². The molecular formula is C32H34N2O4. The van der Waals surface area contributed by atoms with E-state index in [0.29, 0.717) is 23.6 Å². The number of fused-ring (bicyclic) bond motifs is 1. The monoisotopic (exact) mass is 510 g/mol. The second-order valence-corrected chi connectivity index (χ2v) is 8.99. The number of unbranched alkanes of at least 4 members (excludes halogenated alkanes) is 3. The molecule has 0 aliphatic rings. The molecule has 4 aromatic carbocycles. The molecule has 0 unspecified atom stereocenters. The normalized spacial score (nSPS) is 11.1. The van der Waals surface area contributed by atoms with E-state index in [2.05, 4.69) is 24.1 Å². The van der Waals surface area contributed by atoms with Crippen molar-refractivity contribution >= 4 is 28.1 Å². The number of nitrogens with zero attached hydrogens (tertiary/aromatic N) is 2. The van der Waals surface area contributed by atoms with Crippen molar-refractivity contribution in [2.24, 2.45) is 10.2 Å². The molecule has 38 heavy (non-hydrogen) atoms. The molecule has 0 aliphatic carbocycles. The minimum atomic E-state index is -0.429. The lowest BCUT2D eigenvalue weighted by molar-refractivity contribution is 0.0737. The molecule has 4 aromatic rings. The maximum atomic E-state index is 12.8. The quantitative estimate of drug-likeness (QED) is 0.0778. The molecule has 4 rings (SSSR count). The first-order chi connectivity index (χ1) is 18.7. The minimum absolute atomic E-state index is 0.429. The van der Waals surface area contributed by atoms with Crippen molar-refractivity contribution in [2.45, 2.75) is 46.0 Å². The molecule has 0 radical (unpaired) electrons. The highest BCUT2D eigenvalue weighted by atomic mass is 16.5. The third-order valence-corrected chi connectivity index (χ3v) is 6.05. The Hall–Kier alpha value is -4.19. The summed E-state index contributed by atoms with van der Waals surface area (Å²) >= 11 is 0. The Morgan fingerprint density at radius 1 is 0.658 bits per heavy atom. The maximum Gasteiger partial charge on any atom is 0.343 e. The zero-order valence-electron chi connectivity index (χ0n) is 22.1. The van der Waals surface area contributed by atoms with Gasteiger partial charge in [-0.1, -0.05) is 57.4 Å². The second-order valence-electron chi connectivity index (χ2n) is 8.99. The number of hydrogen-bond donors (Lipinski definition) is 0. The van der Waals surface area contributed by atoms with Crippen LogP contribution in [0.1, 0.15) is 56.3 Å². The van der Waals surface area contributed by atoms with Crippen LogP contribution in [0.25, 0.3) is 10.8 Å². The summed E-state index contributed by atoms with van der Waals surface area (Å²) in [5.41, 5.74) is 1.87. The van der Waals surface area contributed by atoms with Gasteiger partial charge in [0.15, 0.2) is 0 Å². The van der Waals surface area contributed by atoms with Crippen molar-refractivity contribution in [1.29, 1.82) is 0 Å². The fraction of sp³-hybridized carbons (Fsp3) is 0.281. The van der Waals surface area contributed by atoms with Crippen LogP contribution >= 0.6 is 0 Å². The van der Waals surface area contributed by atoms with E-state index in [-0.39, 0.29) is 0 Å². The van der Waals surface area contributed by atoms with Gasteiger partial charge >= 0.3 is 5.97 Å². The van der Waals surface area contributed by atoms with E-state index in [1.165, 1.54) is 12.8 Å². The van der Waals surface area contributed by atoms with Gasteiger partial charge in [-0.05, 0) is 73.5 Å². The van der Waals surface area contributed by atoms with Crippen LogP contribution in [-0.2, 0) is 0 Å². The van der Waals surface area contributed by atoms with E-state index in [4.69, 9.17) is 14.2 Å². The van der Waals surface area contributed by atoms with Crippen molar-refractivity contribution in [2.75, 3.05) is 13.2 Å². The average molecular weight is 511 g/mol. The van der Waals surface area contributed by atoms with Gasteiger partial charge < -0.3 is 14.2 Å². The molecule has 6 heteroatoms. The van der Waals surface area contributed by atoms with Gasteiger partial charge in [0.1, 0.15) is 17.2 Å². The van der Waals surface area contributed by atoms with Gasteiger partial charge in [0, 0.05) is 10.8 Å². The summed E-state index contributed by atoms with van der Waals surface area (Å²) in [6.07, 6.45) is 5.45.